The average Bonchev–Trinajstić information content (AvgIpc) is 2.97. The second-order valence-electron chi connectivity index (χ2n) is 5.77. The molecule has 22 heavy (non-hydrogen) atoms. The summed E-state index contributed by atoms with van der Waals surface area (Å²) >= 11 is 0. The summed E-state index contributed by atoms with van der Waals surface area (Å²) in [7, 11) is 0. The molecule has 0 spiro atoms. The van der Waals surface area contributed by atoms with Crippen molar-refractivity contribution in [3.8, 4) is 5.88 Å². The molecule has 1 aliphatic carbocycles. The molecule has 2 aromatic rings. The number of nitrogens with one attached hydrogen (secondary N) is 1. The SMILES string of the molecule is CC(C)Oc1ccc(C(=O)NC2CCCc3occc32)cn1. The molecule has 0 aromatic carbocycles. The lowest BCUT2D eigenvalue weighted by atomic mass is 9.93. The number of carbonyl (C=O) groups excluding carboxylic acids is 1. The van der Waals surface area contributed by atoms with Crippen molar-refractivity contribution in [2.75, 3.05) is 0 Å². The van der Waals surface area contributed by atoms with Gasteiger partial charge in [-0.25, -0.2) is 4.98 Å². The molecule has 1 aliphatic rings. The van der Waals surface area contributed by atoms with E-state index in [2.05, 4.69) is 10.3 Å². The van der Waals surface area contributed by atoms with E-state index in [0.29, 0.717) is 11.4 Å². The van der Waals surface area contributed by atoms with Gasteiger partial charge in [0.2, 0.25) is 5.88 Å². The highest BCUT2D eigenvalue weighted by Crippen LogP contribution is 2.30. The Morgan fingerprint density at radius 3 is 3.00 bits per heavy atom. The fraction of sp³-hybridized carbons (Fsp3) is 0.412. The van der Waals surface area contributed by atoms with Gasteiger partial charge in [-0.15, -0.1) is 0 Å². The molecule has 0 radical (unpaired) electrons. The number of furan rings is 1. The fourth-order valence-corrected chi connectivity index (χ4v) is 2.70. The third-order valence-corrected chi connectivity index (χ3v) is 3.71. The van der Waals surface area contributed by atoms with E-state index in [1.807, 2.05) is 19.9 Å². The lowest BCUT2D eigenvalue weighted by Gasteiger charge is -2.22. The molecule has 3 rings (SSSR count). The van der Waals surface area contributed by atoms with Crippen LogP contribution in [0.1, 0.15) is 54.4 Å². The van der Waals surface area contributed by atoms with Crippen LogP contribution in [0, 0.1) is 0 Å². The number of pyridine rings is 1. The molecular formula is C17H20N2O3. The first-order valence-corrected chi connectivity index (χ1v) is 7.63. The van der Waals surface area contributed by atoms with Crippen molar-refractivity contribution >= 4 is 5.91 Å². The van der Waals surface area contributed by atoms with Gasteiger partial charge in [0.15, 0.2) is 0 Å². The van der Waals surface area contributed by atoms with Crippen molar-refractivity contribution in [1.29, 1.82) is 0 Å². The smallest absolute Gasteiger partial charge is 0.253 e. The van der Waals surface area contributed by atoms with Crippen molar-refractivity contribution < 1.29 is 13.9 Å². The normalized spacial score (nSPS) is 17.1. The van der Waals surface area contributed by atoms with E-state index in [-0.39, 0.29) is 18.1 Å². The van der Waals surface area contributed by atoms with Crippen LogP contribution in [0.4, 0.5) is 0 Å². The van der Waals surface area contributed by atoms with E-state index < -0.39 is 0 Å². The molecule has 0 bridgehead atoms. The van der Waals surface area contributed by atoms with Crippen molar-refractivity contribution in [3.63, 3.8) is 0 Å². The quantitative estimate of drug-likeness (QED) is 0.941. The number of fused-ring (bicyclic) bond motifs is 1. The van der Waals surface area contributed by atoms with E-state index in [1.165, 1.54) is 0 Å². The minimum Gasteiger partial charge on any atom is -0.475 e. The first kappa shape index (κ1) is 14.6. The van der Waals surface area contributed by atoms with Crippen molar-refractivity contribution in [1.82, 2.24) is 10.3 Å². The highest BCUT2D eigenvalue weighted by molar-refractivity contribution is 5.94. The number of nitrogens with zero attached hydrogens (tertiary/aromatic N) is 1. The summed E-state index contributed by atoms with van der Waals surface area (Å²) in [5.41, 5.74) is 1.62. The van der Waals surface area contributed by atoms with Gasteiger partial charge in [0.25, 0.3) is 5.91 Å². The van der Waals surface area contributed by atoms with Crippen LogP contribution >= 0.6 is 0 Å². The molecule has 5 nitrogen and oxygen atoms in total. The van der Waals surface area contributed by atoms with Gasteiger partial charge in [-0.05, 0) is 38.8 Å². The highest BCUT2D eigenvalue weighted by atomic mass is 16.5. The van der Waals surface area contributed by atoms with Gasteiger partial charge in [-0.1, -0.05) is 0 Å². The lowest BCUT2D eigenvalue weighted by Crippen LogP contribution is -2.30. The Labute approximate surface area is 129 Å². The number of carbonyl (C=O) groups is 1. The third kappa shape index (κ3) is 3.13. The second kappa shape index (κ2) is 6.22. The van der Waals surface area contributed by atoms with Crippen molar-refractivity contribution in [2.45, 2.75) is 45.3 Å². The van der Waals surface area contributed by atoms with E-state index in [9.17, 15) is 4.79 Å². The first-order chi connectivity index (χ1) is 10.6. The maximum Gasteiger partial charge on any atom is 0.253 e. The molecule has 2 aromatic heterocycles. The van der Waals surface area contributed by atoms with Gasteiger partial charge in [0, 0.05) is 24.2 Å². The molecule has 0 fully saturated rings. The van der Waals surface area contributed by atoms with Crippen LogP contribution in [0.25, 0.3) is 0 Å². The Morgan fingerprint density at radius 1 is 1.41 bits per heavy atom. The molecule has 5 heteroatoms. The zero-order chi connectivity index (χ0) is 15.5. The molecular weight excluding hydrogens is 280 g/mol. The summed E-state index contributed by atoms with van der Waals surface area (Å²) in [6.45, 7) is 3.88. The zero-order valence-corrected chi connectivity index (χ0v) is 12.8. The number of amides is 1. The Bertz CT molecular complexity index is 646. The molecule has 1 N–H and O–H groups in total. The maximum atomic E-state index is 12.4. The molecule has 1 atom stereocenters. The van der Waals surface area contributed by atoms with Gasteiger partial charge in [0.05, 0.1) is 24.0 Å². The Kier molecular flexibility index (Phi) is 4.13. The average molecular weight is 300 g/mol. The van der Waals surface area contributed by atoms with Gasteiger partial charge in [0.1, 0.15) is 5.76 Å². The summed E-state index contributed by atoms with van der Waals surface area (Å²) in [6, 6.07) is 5.41. The Hall–Kier alpha value is -2.30. The van der Waals surface area contributed by atoms with E-state index in [4.69, 9.17) is 9.15 Å². The van der Waals surface area contributed by atoms with E-state index in [0.717, 1.165) is 30.6 Å². The number of hydrogen-bond donors (Lipinski definition) is 1. The van der Waals surface area contributed by atoms with Crippen LogP contribution in [-0.2, 0) is 6.42 Å². The van der Waals surface area contributed by atoms with Gasteiger partial charge in [-0.3, -0.25) is 4.79 Å². The molecule has 116 valence electrons. The summed E-state index contributed by atoms with van der Waals surface area (Å²) in [5.74, 6) is 1.39. The maximum absolute atomic E-state index is 12.4. The largest absolute Gasteiger partial charge is 0.475 e. The van der Waals surface area contributed by atoms with Crippen LogP contribution in [-0.4, -0.2) is 17.0 Å². The minimum atomic E-state index is -0.123. The standard InChI is InChI=1S/C17H20N2O3/c1-11(2)22-16-7-6-12(10-18-16)17(20)19-14-4-3-5-15-13(14)8-9-21-15/h6-11,14H,3-5H2,1-2H3,(H,19,20). The van der Waals surface area contributed by atoms with Crippen LogP contribution < -0.4 is 10.1 Å². The zero-order valence-electron chi connectivity index (χ0n) is 12.8. The van der Waals surface area contributed by atoms with Gasteiger partial charge >= 0.3 is 0 Å². The lowest BCUT2D eigenvalue weighted by molar-refractivity contribution is 0.0931. The van der Waals surface area contributed by atoms with Crippen LogP contribution in [0.5, 0.6) is 5.88 Å². The third-order valence-electron chi connectivity index (χ3n) is 3.71. The summed E-state index contributed by atoms with van der Waals surface area (Å²) in [6.07, 6.45) is 6.19. The molecule has 0 saturated carbocycles. The molecule has 1 unspecified atom stereocenters. The Balaban J connectivity index is 1.68. The van der Waals surface area contributed by atoms with Crippen molar-refractivity contribution in [3.05, 3.63) is 47.5 Å². The molecule has 0 aliphatic heterocycles. The summed E-state index contributed by atoms with van der Waals surface area (Å²) < 4.78 is 10.9. The Morgan fingerprint density at radius 2 is 2.27 bits per heavy atom. The molecule has 0 saturated heterocycles. The predicted molar refractivity (Wildman–Crippen MR) is 81.9 cm³/mol. The predicted octanol–water partition coefficient (Wildman–Crippen LogP) is 3.27. The monoisotopic (exact) mass is 300 g/mol. The van der Waals surface area contributed by atoms with E-state index >= 15 is 0 Å². The highest BCUT2D eigenvalue weighted by Gasteiger charge is 2.24. The molecule has 2 heterocycles. The van der Waals surface area contributed by atoms with Crippen LogP contribution in [0.3, 0.4) is 0 Å². The number of aryl methyl sites for hydroxylation is 1. The minimum absolute atomic E-state index is 0.0154. The van der Waals surface area contributed by atoms with E-state index in [1.54, 1.807) is 24.6 Å². The fourth-order valence-electron chi connectivity index (χ4n) is 2.70. The molecule has 1 amide bonds. The number of rotatable bonds is 4. The van der Waals surface area contributed by atoms with Gasteiger partial charge < -0.3 is 14.5 Å². The second-order valence-corrected chi connectivity index (χ2v) is 5.77. The number of aromatic nitrogens is 1. The van der Waals surface area contributed by atoms with Crippen LogP contribution in [0.2, 0.25) is 0 Å². The summed E-state index contributed by atoms with van der Waals surface area (Å²) in [4.78, 5) is 16.5. The van der Waals surface area contributed by atoms with Gasteiger partial charge in [-0.2, -0.15) is 0 Å². The number of ether oxygens (including phenoxy) is 1. The summed E-state index contributed by atoms with van der Waals surface area (Å²) in [5, 5.41) is 3.06. The van der Waals surface area contributed by atoms with Crippen molar-refractivity contribution in [2.24, 2.45) is 0 Å². The van der Waals surface area contributed by atoms with Crippen LogP contribution in [0.15, 0.2) is 35.1 Å². The first-order valence-electron chi connectivity index (χ1n) is 7.63. The topological polar surface area (TPSA) is 64.4 Å². The number of hydrogen-bond acceptors (Lipinski definition) is 4.